The molecule has 2 rings (SSSR count). The molecule has 24 heavy (non-hydrogen) atoms. The average molecular weight is 336 g/mol. The fourth-order valence-corrected chi connectivity index (χ4v) is 2.62. The Morgan fingerprint density at radius 3 is 2.25 bits per heavy atom. The van der Waals surface area contributed by atoms with Crippen LogP contribution in [-0.2, 0) is 15.7 Å². The number of urea groups is 1. The standard InChI is InChI=1S/C17H28N4O3/c1-16(2,3)12-9-13(21(20-12)17(4,5)6)19-15(24)18-11-7-10(8-11)14(22)23/h9-11H,7-8H2,1-6H3,(H,22,23)(H2,18,19,24). The molecule has 2 amide bonds. The molecule has 7 heteroatoms. The highest BCUT2D eigenvalue weighted by Gasteiger charge is 2.35. The molecular formula is C17H28N4O3. The lowest BCUT2D eigenvalue weighted by molar-refractivity contribution is -0.145. The quantitative estimate of drug-likeness (QED) is 0.790. The van der Waals surface area contributed by atoms with Crippen molar-refractivity contribution in [3.05, 3.63) is 11.8 Å². The SMILES string of the molecule is CC(C)(C)c1cc(NC(=O)NC2CC(C(=O)O)C2)n(C(C)(C)C)n1. The van der Waals surface area contributed by atoms with Gasteiger partial charge in [-0.15, -0.1) is 0 Å². The Hall–Kier alpha value is -2.05. The van der Waals surface area contributed by atoms with Crippen LogP contribution in [0.5, 0.6) is 0 Å². The maximum absolute atomic E-state index is 12.2. The van der Waals surface area contributed by atoms with Crippen LogP contribution in [0.25, 0.3) is 0 Å². The van der Waals surface area contributed by atoms with Gasteiger partial charge in [-0.3, -0.25) is 10.1 Å². The third-order valence-electron chi connectivity index (χ3n) is 4.18. The van der Waals surface area contributed by atoms with Crippen molar-refractivity contribution in [2.24, 2.45) is 5.92 Å². The smallest absolute Gasteiger partial charge is 0.320 e. The summed E-state index contributed by atoms with van der Waals surface area (Å²) in [6, 6.07) is 1.49. The second-order valence-corrected chi connectivity index (χ2v) is 8.55. The molecular weight excluding hydrogens is 308 g/mol. The third kappa shape index (κ3) is 4.07. The minimum Gasteiger partial charge on any atom is -0.481 e. The second-order valence-electron chi connectivity index (χ2n) is 8.55. The molecule has 134 valence electrons. The predicted molar refractivity (Wildman–Crippen MR) is 92.2 cm³/mol. The van der Waals surface area contributed by atoms with Gasteiger partial charge in [0.25, 0.3) is 0 Å². The van der Waals surface area contributed by atoms with E-state index in [0.29, 0.717) is 18.7 Å². The zero-order chi connectivity index (χ0) is 18.3. The largest absolute Gasteiger partial charge is 0.481 e. The molecule has 0 spiro atoms. The van der Waals surface area contributed by atoms with Gasteiger partial charge in [-0.2, -0.15) is 5.10 Å². The van der Waals surface area contributed by atoms with E-state index in [1.165, 1.54) is 0 Å². The monoisotopic (exact) mass is 336 g/mol. The van der Waals surface area contributed by atoms with Crippen molar-refractivity contribution in [2.45, 2.75) is 71.4 Å². The van der Waals surface area contributed by atoms with Crippen molar-refractivity contribution in [1.82, 2.24) is 15.1 Å². The zero-order valence-corrected chi connectivity index (χ0v) is 15.3. The average Bonchev–Trinajstić information content (AvgIpc) is 2.76. The van der Waals surface area contributed by atoms with Crippen molar-refractivity contribution in [1.29, 1.82) is 0 Å². The molecule has 0 saturated heterocycles. The van der Waals surface area contributed by atoms with Crippen molar-refractivity contribution < 1.29 is 14.7 Å². The minimum atomic E-state index is -0.797. The van der Waals surface area contributed by atoms with Crippen LogP contribution >= 0.6 is 0 Å². The predicted octanol–water partition coefficient (Wildman–Crippen LogP) is 2.92. The van der Waals surface area contributed by atoms with Crippen LogP contribution in [0.15, 0.2) is 6.07 Å². The molecule has 1 aliphatic rings. The van der Waals surface area contributed by atoms with E-state index in [0.717, 1.165) is 5.69 Å². The fourth-order valence-electron chi connectivity index (χ4n) is 2.62. The van der Waals surface area contributed by atoms with E-state index in [2.05, 4.69) is 36.5 Å². The molecule has 3 N–H and O–H groups in total. The van der Waals surface area contributed by atoms with Crippen LogP contribution in [0.2, 0.25) is 0 Å². The van der Waals surface area contributed by atoms with Gasteiger partial charge in [0, 0.05) is 17.5 Å². The van der Waals surface area contributed by atoms with Gasteiger partial charge in [-0.25, -0.2) is 9.48 Å². The Labute approximate surface area is 142 Å². The number of carbonyl (C=O) groups is 2. The highest BCUT2D eigenvalue weighted by molar-refractivity contribution is 5.89. The number of hydrogen-bond donors (Lipinski definition) is 3. The summed E-state index contributed by atoms with van der Waals surface area (Å²) in [6.07, 6.45) is 0.961. The van der Waals surface area contributed by atoms with Gasteiger partial charge >= 0.3 is 12.0 Å². The summed E-state index contributed by atoms with van der Waals surface area (Å²) in [5.41, 5.74) is 0.519. The number of aliphatic carboxylic acids is 1. The Morgan fingerprint density at radius 1 is 1.21 bits per heavy atom. The van der Waals surface area contributed by atoms with Gasteiger partial charge in [-0.05, 0) is 33.6 Å². The van der Waals surface area contributed by atoms with Gasteiger partial charge < -0.3 is 10.4 Å². The number of carboxylic acids is 1. The number of aromatic nitrogens is 2. The number of hydrogen-bond acceptors (Lipinski definition) is 3. The first kappa shape index (κ1) is 18.3. The molecule has 1 fully saturated rings. The van der Waals surface area contributed by atoms with Gasteiger partial charge in [0.2, 0.25) is 0 Å². The maximum atomic E-state index is 12.2. The van der Waals surface area contributed by atoms with Crippen LogP contribution in [-0.4, -0.2) is 32.9 Å². The Morgan fingerprint density at radius 2 is 1.79 bits per heavy atom. The lowest BCUT2D eigenvalue weighted by atomic mass is 9.80. The molecule has 1 aliphatic carbocycles. The first-order valence-electron chi connectivity index (χ1n) is 8.29. The summed E-state index contributed by atoms with van der Waals surface area (Å²) < 4.78 is 1.81. The van der Waals surface area contributed by atoms with Crippen molar-refractivity contribution in [3.8, 4) is 0 Å². The summed E-state index contributed by atoms with van der Waals surface area (Å²) >= 11 is 0. The molecule has 1 aromatic rings. The molecule has 1 saturated carbocycles. The molecule has 1 heterocycles. The number of anilines is 1. The lowest BCUT2D eigenvalue weighted by Crippen LogP contribution is -2.48. The van der Waals surface area contributed by atoms with Crippen LogP contribution in [0.3, 0.4) is 0 Å². The van der Waals surface area contributed by atoms with E-state index in [1.54, 1.807) is 0 Å². The van der Waals surface area contributed by atoms with Crippen molar-refractivity contribution in [3.63, 3.8) is 0 Å². The first-order valence-corrected chi connectivity index (χ1v) is 8.29. The lowest BCUT2D eigenvalue weighted by Gasteiger charge is -2.32. The second kappa shape index (κ2) is 6.11. The third-order valence-corrected chi connectivity index (χ3v) is 4.18. The molecule has 0 aromatic carbocycles. The minimum absolute atomic E-state index is 0.0841. The molecule has 7 nitrogen and oxygen atoms in total. The Kier molecular flexibility index (Phi) is 4.65. The molecule has 0 radical (unpaired) electrons. The van der Waals surface area contributed by atoms with E-state index in [4.69, 9.17) is 5.11 Å². The summed E-state index contributed by atoms with van der Waals surface area (Å²) in [5.74, 6) is -0.504. The van der Waals surface area contributed by atoms with Crippen LogP contribution in [0.4, 0.5) is 10.6 Å². The van der Waals surface area contributed by atoms with E-state index < -0.39 is 5.97 Å². The van der Waals surface area contributed by atoms with E-state index >= 15 is 0 Å². The summed E-state index contributed by atoms with van der Waals surface area (Å²) in [4.78, 5) is 23.0. The molecule has 0 bridgehead atoms. The van der Waals surface area contributed by atoms with Gasteiger partial charge in [0.1, 0.15) is 5.82 Å². The van der Waals surface area contributed by atoms with Crippen LogP contribution in [0, 0.1) is 5.92 Å². The number of nitrogens with one attached hydrogen (secondary N) is 2. The maximum Gasteiger partial charge on any atom is 0.320 e. The molecule has 1 aromatic heterocycles. The van der Waals surface area contributed by atoms with E-state index in [9.17, 15) is 9.59 Å². The highest BCUT2D eigenvalue weighted by atomic mass is 16.4. The molecule has 0 aliphatic heterocycles. The van der Waals surface area contributed by atoms with Crippen LogP contribution in [0.1, 0.15) is 60.1 Å². The Bertz CT molecular complexity index is 631. The van der Waals surface area contributed by atoms with E-state index in [-0.39, 0.29) is 28.9 Å². The van der Waals surface area contributed by atoms with Crippen molar-refractivity contribution in [2.75, 3.05) is 5.32 Å². The number of nitrogens with zero attached hydrogens (tertiary/aromatic N) is 2. The number of carbonyl (C=O) groups excluding carboxylic acids is 1. The van der Waals surface area contributed by atoms with Gasteiger partial charge in [0.05, 0.1) is 17.2 Å². The number of amides is 2. The first-order chi connectivity index (χ1) is 10.9. The van der Waals surface area contributed by atoms with Gasteiger partial charge in [-0.1, -0.05) is 20.8 Å². The Balaban J connectivity index is 2.07. The zero-order valence-electron chi connectivity index (χ0n) is 15.3. The van der Waals surface area contributed by atoms with E-state index in [1.807, 2.05) is 31.5 Å². The fraction of sp³-hybridized carbons (Fsp3) is 0.706. The van der Waals surface area contributed by atoms with Crippen molar-refractivity contribution >= 4 is 17.8 Å². The number of rotatable bonds is 3. The summed E-state index contributed by atoms with van der Waals surface area (Å²) in [5, 5.41) is 19.2. The normalized spacial score (nSPS) is 21.1. The highest BCUT2D eigenvalue weighted by Crippen LogP contribution is 2.29. The summed E-state index contributed by atoms with van der Waals surface area (Å²) in [6.45, 7) is 12.3. The number of carboxylic acid groups (broad SMARTS) is 1. The van der Waals surface area contributed by atoms with Gasteiger partial charge in [0.15, 0.2) is 0 Å². The molecule has 0 unspecified atom stereocenters. The topological polar surface area (TPSA) is 96.3 Å². The van der Waals surface area contributed by atoms with Crippen LogP contribution < -0.4 is 10.6 Å². The molecule has 0 atom stereocenters. The summed E-state index contributed by atoms with van der Waals surface area (Å²) in [7, 11) is 0.